The maximum atomic E-state index is 3.87. The lowest BCUT2D eigenvalue weighted by Crippen LogP contribution is -2.23. The molecule has 0 heterocycles. The Hall–Kier alpha value is 0.170. The Morgan fingerprint density at radius 1 is 1.20 bits per heavy atom. The predicted molar refractivity (Wildman–Crippen MR) is 77.5 cm³/mol. The van der Waals surface area contributed by atoms with E-state index in [1.165, 1.54) is 25.7 Å². The highest BCUT2D eigenvalue weighted by molar-refractivity contribution is 7.17. The fourth-order valence-electron chi connectivity index (χ4n) is 2.01. The van der Waals surface area contributed by atoms with Gasteiger partial charge in [-0.2, -0.15) is 0 Å². The van der Waals surface area contributed by atoms with Crippen LogP contribution in [0.5, 0.6) is 0 Å². The van der Waals surface area contributed by atoms with Crippen LogP contribution in [0.4, 0.5) is 0 Å². The van der Waals surface area contributed by atoms with Gasteiger partial charge in [0.25, 0.3) is 0 Å². The molecule has 0 bridgehead atoms. The van der Waals surface area contributed by atoms with Crippen LogP contribution >= 0.6 is 9.24 Å². The molecular formula is C14H31P. The molecule has 4 unspecified atom stereocenters. The molecule has 1 aliphatic rings. The molecule has 1 heteroatoms. The topological polar surface area (TPSA) is 0 Å². The van der Waals surface area contributed by atoms with Gasteiger partial charge in [0, 0.05) is 0 Å². The van der Waals surface area contributed by atoms with Crippen molar-refractivity contribution in [3.8, 4) is 0 Å². The smallest absolute Gasteiger partial charge is 0.0233 e. The van der Waals surface area contributed by atoms with Gasteiger partial charge >= 0.3 is 0 Å². The van der Waals surface area contributed by atoms with Gasteiger partial charge in [-0.25, -0.2) is 0 Å². The van der Waals surface area contributed by atoms with Crippen molar-refractivity contribution in [2.75, 3.05) is 0 Å². The molecule has 1 aliphatic carbocycles. The summed E-state index contributed by atoms with van der Waals surface area (Å²) in [6.45, 7) is 14.2. The van der Waals surface area contributed by atoms with Crippen LogP contribution in [-0.2, 0) is 0 Å². The molecule has 0 spiro atoms. The second kappa shape index (κ2) is 12.2. The van der Waals surface area contributed by atoms with E-state index in [1.807, 2.05) is 27.7 Å². The van der Waals surface area contributed by atoms with Crippen molar-refractivity contribution in [1.82, 2.24) is 0 Å². The normalized spacial score (nSPS) is 29.1. The first-order chi connectivity index (χ1) is 7.27. The molecule has 0 nitrogen and oxygen atoms in total. The summed E-state index contributed by atoms with van der Waals surface area (Å²) >= 11 is 0. The first-order valence-electron chi connectivity index (χ1n) is 6.66. The highest BCUT2D eigenvalue weighted by atomic mass is 31.0. The summed E-state index contributed by atoms with van der Waals surface area (Å²) in [5.41, 5.74) is 0.871. The fourth-order valence-corrected chi connectivity index (χ4v) is 2.63. The molecule has 0 amide bonds. The third-order valence-electron chi connectivity index (χ3n) is 2.94. The van der Waals surface area contributed by atoms with Gasteiger partial charge in [-0.3, -0.25) is 0 Å². The van der Waals surface area contributed by atoms with Crippen molar-refractivity contribution in [3.63, 3.8) is 0 Å². The minimum absolute atomic E-state index is 0.803. The van der Waals surface area contributed by atoms with E-state index in [1.54, 1.807) is 0 Å². The minimum Gasteiger partial charge on any atom is -0.134 e. The lowest BCUT2D eigenvalue weighted by molar-refractivity contribution is 0.308. The first kappa shape index (κ1) is 17.6. The molecule has 0 aromatic heterocycles. The SMILES string of the molecule is C=CC1CCC(P)C(CC)C1.CC.CC. The summed E-state index contributed by atoms with van der Waals surface area (Å²) in [4.78, 5) is 0. The maximum Gasteiger partial charge on any atom is -0.0233 e. The Kier molecular flexibility index (Phi) is 14.3. The van der Waals surface area contributed by atoms with Crippen molar-refractivity contribution in [1.29, 1.82) is 0 Å². The molecule has 1 fully saturated rings. The first-order valence-corrected chi connectivity index (χ1v) is 7.32. The lowest BCUT2D eigenvalue weighted by atomic mass is 9.80. The zero-order valence-corrected chi connectivity index (χ0v) is 12.6. The second-order valence-electron chi connectivity index (χ2n) is 3.64. The van der Waals surface area contributed by atoms with Crippen LogP contribution in [0.1, 0.15) is 60.3 Å². The van der Waals surface area contributed by atoms with Gasteiger partial charge in [0.2, 0.25) is 0 Å². The van der Waals surface area contributed by atoms with Gasteiger partial charge in [-0.15, -0.1) is 15.8 Å². The maximum absolute atomic E-state index is 3.87. The van der Waals surface area contributed by atoms with Crippen molar-refractivity contribution >= 4 is 9.24 Å². The zero-order valence-electron chi connectivity index (χ0n) is 11.4. The molecule has 1 saturated carbocycles. The van der Waals surface area contributed by atoms with Gasteiger partial charge < -0.3 is 0 Å². The molecule has 15 heavy (non-hydrogen) atoms. The predicted octanol–water partition coefficient (Wildman–Crippen LogP) is 5.29. The van der Waals surface area contributed by atoms with Crippen LogP contribution in [0.2, 0.25) is 0 Å². The van der Waals surface area contributed by atoms with Crippen LogP contribution in [0.25, 0.3) is 0 Å². The summed E-state index contributed by atoms with van der Waals surface area (Å²) < 4.78 is 0. The highest BCUT2D eigenvalue weighted by Crippen LogP contribution is 2.35. The fraction of sp³-hybridized carbons (Fsp3) is 0.857. The van der Waals surface area contributed by atoms with Crippen molar-refractivity contribution in [3.05, 3.63) is 12.7 Å². The summed E-state index contributed by atoms with van der Waals surface area (Å²) in [6.07, 6.45) is 7.57. The molecule has 92 valence electrons. The van der Waals surface area contributed by atoms with E-state index in [2.05, 4.69) is 28.8 Å². The average molecular weight is 230 g/mol. The second-order valence-corrected chi connectivity index (χ2v) is 4.50. The van der Waals surface area contributed by atoms with Gasteiger partial charge in [0.1, 0.15) is 0 Å². The molecule has 0 aromatic carbocycles. The number of rotatable bonds is 2. The van der Waals surface area contributed by atoms with Gasteiger partial charge in [-0.1, -0.05) is 47.1 Å². The average Bonchev–Trinajstić information content (AvgIpc) is 2.35. The summed E-state index contributed by atoms with van der Waals surface area (Å²) in [7, 11) is 2.99. The molecule has 0 aliphatic heterocycles. The van der Waals surface area contributed by atoms with Gasteiger partial charge in [0.05, 0.1) is 0 Å². The van der Waals surface area contributed by atoms with E-state index >= 15 is 0 Å². The molecule has 0 saturated heterocycles. The Balaban J connectivity index is 0. The Labute approximate surface area is 100 Å². The third kappa shape index (κ3) is 7.12. The van der Waals surface area contributed by atoms with E-state index in [-0.39, 0.29) is 0 Å². The standard InChI is InChI=1S/C10H19P.2C2H6/c1-3-8-5-6-10(11)9(4-2)7-8;2*1-2/h3,8-10H,1,4-7,11H2,2H3;2*1-2H3. The largest absolute Gasteiger partial charge is 0.134 e. The van der Waals surface area contributed by atoms with E-state index in [9.17, 15) is 0 Å². The van der Waals surface area contributed by atoms with Gasteiger partial charge in [0.15, 0.2) is 0 Å². The van der Waals surface area contributed by atoms with Gasteiger partial charge in [-0.05, 0) is 36.8 Å². The number of hydrogen-bond acceptors (Lipinski definition) is 0. The summed E-state index contributed by atoms with van der Waals surface area (Å²) in [6, 6.07) is 0. The molecular weight excluding hydrogens is 199 g/mol. The molecule has 4 atom stereocenters. The molecule has 1 rings (SSSR count). The number of hydrogen-bond donors (Lipinski definition) is 0. The van der Waals surface area contributed by atoms with Crippen LogP contribution in [0.3, 0.4) is 0 Å². The van der Waals surface area contributed by atoms with Crippen molar-refractivity contribution in [2.24, 2.45) is 11.8 Å². The van der Waals surface area contributed by atoms with E-state index in [0.29, 0.717) is 0 Å². The summed E-state index contributed by atoms with van der Waals surface area (Å²) in [5.74, 6) is 1.73. The van der Waals surface area contributed by atoms with E-state index in [4.69, 9.17) is 0 Å². The minimum atomic E-state index is 0.803. The van der Waals surface area contributed by atoms with E-state index in [0.717, 1.165) is 17.5 Å². The third-order valence-corrected chi connectivity index (χ3v) is 3.82. The molecule has 0 N–H and O–H groups in total. The quantitative estimate of drug-likeness (QED) is 0.446. The van der Waals surface area contributed by atoms with Crippen LogP contribution in [-0.4, -0.2) is 5.66 Å². The van der Waals surface area contributed by atoms with Crippen LogP contribution in [0, 0.1) is 11.8 Å². The highest BCUT2D eigenvalue weighted by Gasteiger charge is 2.24. The lowest BCUT2D eigenvalue weighted by Gasteiger charge is -2.32. The molecule has 0 radical (unpaired) electrons. The summed E-state index contributed by atoms with van der Waals surface area (Å²) in [5, 5.41) is 0. The number of allylic oxidation sites excluding steroid dienone is 1. The Morgan fingerprint density at radius 3 is 2.13 bits per heavy atom. The van der Waals surface area contributed by atoms with Crippen molar-refractivity contribution < 1.29 is 0 Å². The van der Waals surface area contributed by atoms with Crippen LogP contribution in [0.15, 0.2) is 12.7 Å². The zero-order chi connectivity index (χ0) is 12.3. The monoisotopic (exact) mass is 230 g/mol. The van der Waals surface area contributed by atoms with Crippen molar-refractivity contribution in [2.45, 2.75) is 66.0 Å². The van der Waals surface area contributed by atoms with Crippen LogP contribution < -0.4 is 0 Å². The Morgan fingerprint density at radius 2 is 1.73 bits per heavy atom. The Bertz CT molecular complexity index is 131. The van der Waals surface area contributed by atoms with E-state index < -0.39 is 0 Å². The molecule has 0 aromatic rings.